The first-order valence-corrected chi connectivity index (χ1v) is 15.2. The number of anilines is 1. The number of nitrogens with two attached hydrogens (primary N) is 1. The van der Waals surface area contributed by atoms with Crippen LogP contribution in [-0.4, -0.2) is 40.5 Å². The number of nitrogens with zero attached hydrogens (tertiary/aromatic N) is 2. The Morgan fingerprint density at radius 2 is 1.90 bits per heavy atom. The van der Waals surface area contributed by atoms with E-state index >= 15 is 0 Å². The largest absolute Gasteiger partial charge is 0.668 e. The van der Waals surface area contributed by atoms with Crippen LogP contribution in [-0.2, 0) is 28.9 Å². The third-order valence-electron chi connectivity index (χ3n) is 8.73. The first-order chi connectivity index (χ1) is 20.3. The van der Waals surface area contributed by atoms with Gasteiger partial charge in [0.05, 0.1) is 13.5 Å². The van der Waals surface area contributed by atoms with E-state index in [4.69, 9.17) is 10.5 Å². The van der Waals surface area contributed by atoms with Crippen molar-refractivity contribution >= 4 is 17.4 Å². The van der Waals surface area contributed by atoms with Crippen LogP contribution in [0.5, 0.6) is 11.5 Å². The molecule has 4 N–H and O–H groups in total. The molecule has 1 aliphatic carbocycles. The third kappa shape index (κ3) is 7.21. The summed E-state index contributed by atoms with van der Waals surface area (Å²) < 4.78 is 5.58. The molecule has 0 radical (unpaired) electrons. The highest BCUT2D eigenvalue weighted by Gasteiger charge is 2.45. The summed E-state index contributed by atoms with van der Waals surface area (Å²) in [5.41, 5.74) is 9.74. The van der Waals surface area contributed by atoms with Gasteiger partial charge in [-0.3, -0.25) is 9.59 Å². The Balaban J connectivity index is 1.61. The van der Waals surface area contributed by atoms with E-state index in [2.05, 4.69) is 16.9 Å². The lowest BCUT2D eigenvalue weighted by molar-refractivity contribution is -0.127. The van der Waals surface area contributed by atoms with Crippen molar-refractivity contribution in [1.82, 2.24) is 9.97 Å². The minimum Gasteiger partial charge on any atom is -0.668 e. The van der Waals surface area contributed by atoms with Crippen molar-refractivity contribution in [3.05, 3.63) is 70.7 Å². The number of hydrogen-bond acceptors (Lipinski definition) is 7. The first kappa shape index (κ1) is 31.3. The van der Waals surface area contributed by atoms with Crippen LogP contribution in [0, 0.1) is 5.41 Å². The van der Waals surface area contributed by atoms with E-state index in [0.717, 1.165) is 48.1 Å². The lowest BCUT2D eigenvalue weighted by Gasteiger charge is -2.46. The number of aliphatic hydroxyl groups excluding tert-OH is 1. The minimum absolute atomic E-state index is 0.000615. The second kappa shape index (κ2) is 14.5. The number of methoxy groups -OCH3 is 1. The van der Waals surface area contributed by atoms with Gasteiger partial charge in [0.25, 0.3) is 0 Å². The summed E-state index contributed by atoms with van der Waals surface area (Å²) in [6.45, 7) is 2.03. The number of pyridine rings is 1. The van der Waals surface area contributed by atoms with E-state index in [1.807, 2.05) is 24.3 Å². The zero-order valence-corrected chi connectivity index (χ0v) is 24.9. The number of nitrogen functional groups attached to an aromatic ring is 1. The quantitative estimate of drug-likeness (QED) is 0.152. The molecule has 0 spiro atoms. The Morgan fingerprint density at radius 3 is 2.62 bits per heavy atom. The van der Waals surface area contributed by atoms with Crippen LogP contribution < -0.4 is 15.5 Å². The van der Waals surface area contributed by atoms with Gasteiger partial charge in [0, 0.05) is 42.5 Å². The zero-order chi connectivity index (χ0) is 30.1. The van der Waals surface area contributed by atoms with Crippen molar-refractivity contribution in [2.75, 3.05) is 19.5 Å². The molecule has 0 saturated heterocycles. The van der Waals surface area contributed by atoms with Crippen molar-refractivity contribution < 1.29 is 24.5 Å². The number of rotatable bonds is 16. The summed E-state index contributed by atoms with van der Waals surface area (Å²) in [6.07, 6.45) is 11.5. The van der Waals surface area contributed by atoms with Crippen molar-refractivity contribution in [3.63, 3.8) is 0 Å². The molecular formula is C34H44N3O5-. The molecule has 2 heterocycles. The highest BCUT2D eigenvalue weighted by Crippen LogP contribution is 2.54. The van der Waals surface area contributed by atoms with E-state index in [1.54, 1.807) is 18.5 Å². The maximum absolute atomic E-state index is 12.7. The van der Waals surface area contributed by atoms with E-state index in [0.29, 0.717) is 49.2 Å². The number of aromatic nitrogens is 2. The lowest BCUT2D eigenvalue weighted by atomic mass is 9.60. The Bertz CT molecular complexity index is 1350. The molecule has 2 aromatic heterocycles. The van der Waals surface area contributed by atoms with Crippen molar-refractivity contribution in [1.29, 1.82) is 0 Å². The predicted molar refractivity (Wildman–Crippen MR) is 163 cm³/mol. The molecule has 8 nitrogen and oxygen atoms in total. The molecule has 1 aromatic carbocycles. The average molecular weight is 575 g/mol. The molecule has 0 amide bonds. The first-order valence-electron chi connectivity index (χ1n) is 15.2. The highest BCUT2D eigenvalue weighted by molar-refractivity contribution is 5.99. The van der Waals surface area contributed by atoms with Crippen molar-refractivity contribution in [2.45, 2.75) is 89.9 Å². The van der Waals surface area contributed by atoms with Gasteiger partial charge in [-0.1, -0.05) is 50.8 Å². The zero-order valence-electron chi connectivity index (χ0n) is 24.9. The van der Waals surface area contributed by atoms with Crippen LogP contribution >= 0.6 is 0 Å². The van der Waals surface area contributed by atoms with Crippen LogP contribution in [0.2, 0.25) is 0 Å². The van der Waals surface area contributed by atoms with Gasteiger partial charge < -0.3 is 25.7 Å². The summed E-state index contributed by atoms with van der Waals surface area (Å²) in [4.78, 5) is 33.9. The molecular weight excluding hydrogens is 530 g/mol. The van der Waals surface area contributed by atoms with Gasteiger partial charge in [0.2, 0.25) is 0 Å². The van der Waals surface area contributed by atoms with Gasteiger partial charge in [-0.2, -0.15) is 11.9 Å². The summed E-state index contributed by atoms with van der Waals surface area (Å²) in [7, 11) is 1.50. The predicted octanol–water partition coefficient (Wildman–Crippen LogP) is 5.46. The number of carbonyl (C=O) groups is 2. The molecule has 4 rings (SSSR count). The fourth-order valence-electron chi connectivity index (χ4n) is 6.45. The summed E-state index contributed by atoms with van der Waals surface area (Å²) in [5.74, 6) is 0.221. The number of unbranched alkanes of at least 4 members (excludes halogenated alkanes) is 4. The second-order valence-corrected chi connectivity index (χ2v) is 11.7. The molecule has 226 valence electrons. The Hall–Kier alpha value is -3.65. The standard InChI is InChI=1S/C34H44N3O5/c1-3-4-5-6-7-10-25(39)20-26(40)12-11-23-18-29(32(41)30(19-23)42-2)31-27-14-17-37-33(35)28(27)13-15-34(31,22-38)21-24-9-8-16-36-24/h8-9,14,16-19,31,38,41H,3-7,10-13,15,20-22H2,1-2H3,(H2,35,37)/q-1/t31-,34-/m0/s1. The molecule has 0 saturated carbocycles. The number of aromatic hydroxyl groups is 1. The number of Topliss-reactive ketones (excluding diaryl/α,β-unsaturated/α-hetero) is 2. The monoisotopic (exact) mass is 574 g/mol. The van der Waals surface area contributed by atoms with Gasteiger partial charge in [-0.05, 0) is 60.9 Å². The molecule has 0 aliphatic heterocycles. The molecule has 42 heavy (non-hydrogen) atoms. The fraction of sp³-hybridized carbons (Fsp3) is 0.500. The maximum atomic E-state index is 12.7. The molecule has 0 unspecified atom stereocenters. The number of benzene rings is 1. The van der Waals surface area contributed by atoms with Crippen LogP contribution in [0.3, 0.4) is 0 Å². The Morgan fingerprint density at radius 1 is 1.12 bits per heavy atom. The van der Waals surface area contributed by atoms with Gasteiger partial charge >= 0.3 is 0 Å². The lowest BCUT2D eigenvalue weighted by Crippen LogP contribution is -2.40. The molecule has 1 aliphatic rings. The number of hydrogen-bond donors (Lipinski definition) is 3. The number of carbonyl (C=O) groups excluding carboxylic acids is 2. The highest BCUT2D eigenvalue weighted by atomic mass is 16.5. The van der Waals surface area contributed by atoms with E-state index in [-0.39, 0.29) is 36.8 Å². The molecule has 2 atom stereocenters. The number of aliphatic hydroxyl groups is 1. The van der Waals surface area contributed by atoms with E-state index in [9.17, 15) is 19.8 Å². The summed E-state index contributed by atoms with van der Waals surface area (Å²) >= 11 is 0. The number of phenolic OH excluding ortho intramolecular Hbond substituents is 1. The van der Waals surface area contributed by atoms with Crippen molar-refractivity contribution in [3.8, 4) is 11.5 Å². The van der Waals surface area contributed by atoms with Gasteiger partial charge in [0.1, 0.15) is 17.4 Å². The van der Waals surface area contributed by atoms with Crippen LogP contribution in [0.4, 0.5) is 5.82 Å². The summed E-state index contributed by atoms with van der Waals surface area (Å²) in [5, 5.41) is 22.4. The number of ether oxygens (including phenoxy) is 1. The van der Waals surface area contributed by atoms with Gasteiger partial charge in [-0.25, -0.2) is 4.98 Å². The van der Waals surface area contributed by atoms with Crippen LogP contribution in [0.1, 0.15) is 98.6 Å². The SMILES string of the molecule is CCCCCCCC(=O)CC(=O)CCc1cc(OC)c(O)c([C@@H]2c3ccnc(N)c3CC[C@@]2(CO)Cc2ccc[n-]2)c1. The number of fused-ring (bicyclic) bond motifs is 1. The molecule has 0 bridgehead atoms. The van der Waals surface area contributed by atoms with E-state index < -0.39 is 11.3 Å². The Kier molecular flexibility index (Phi) is 10.8. The third-order valence-corrected chi connectivity index (χ3v) is 8.73. The van der Waals surface area contributed by atoms with E-state index in [1.165, 1.54) is 13.5 Å². The van der Waals surface area contributed by atoms with Crippen molar-refractivity contribution in [2.24, 2.45) is 5.41 Å². The topological polar surface area (TPSA) is 137 Å². The molecule has 8 heteroatoms. The molecule has 3 aromatic rings. The number of phenols is 1. The average Bonchev–Trinajstić information content (AvgIpc) is 3.49. The summed E-state index contributed by atoms with van der Waals surface area (Å²) in [6, 6.07) is 9.38. The number of ketones is 2. The normalized spacial score (nSPS) is 18.0. The van der Waals surface area contributed by atoms with Crippen LogP contribution in [0.15, 0.2) is 42.7 Å². The maximum Gasteiger partial charge on any atom is 0.161 e. The molecule has 0 fully saturated rings. The fourth-order valence-corrected chi connectivity index (χ4v) is 6.45. The van der Waals surface area contributed by atoms with Crippen LogP contribution in [0.25, 0.3) is 0 Å². The van der Waals surface area contributed by atoms with Gasteiger partial charge in [0.15, 0.2) is 11.5 Å². The number of aryl methyl sites for hydroxylation is 1. The van der Waals surface area contributed by atoms with Gasteiger partial charge in [-0.15, -0.1) is 0 Å². The second-order valence-electron chi connectivity index (χ2n) is 11.7. The minimum atomic E-state index is -0.664. The smallest absolute Gasteiger partial charge is 0.161 e. The Labute approximate surface area is 248 Å².